The van der Waals surface area contributed by atoms with Gasteiger partial charge >= 0.3 is 5.97 Å². The lowest BCUT2D eigenvalue weighted by atomic mass is 9.96. The summed E-state index contributed by atoms with van der Waals surface area (Å²) < 4.78 is 5.04. The predicted molar refractivity (Wildman–Crippen MR) is 132 cm³/mol. The number of aromatic amines is 1. The number of nitrogens with zero attached hydrogens (tertiary/aromatic N) is 3. The number of piperidine rings is 1. The Morgan fingerprint density at radius 2 is 1.89 bits per heavy atom. The van der Waals surface area contributed by atoms with E-state index in [0.717, 1.165) is 27.7 Å². The molecule has 8 heteroatoms. The van der Waals surface area contributed by atoms with Gasteiger partial charge in [0.25, 0.3) is 5.91 Å². The first kappa shape index (κ1) is 22.7. The summed E-state index contributed by atoms with van der Waals surface area (Å²) in [5, 5.41) is 11.5. The Hall–Kier alpha value is -4.04. The van der Waals surface area contributed by atoms with Gasteiger partial charge in [-0.15, -0.1) is 0 Å². The van der Waals surface area contributed by atoms with Crippen LogP contribution in [0.3, 0.4) is 0 Å². The van der Waals surface area contributed by atoms with Crippen LogP contribution in [0, 0.1) is 0 Å². The maximum absolute atomic E-state index is 13.2. The first-order valence-electron chi connectivity index (χ1n) is 11.7. The first-order valence-corrected chi connectivity index (χ1v) is 11.7. The van der Waals surface area contributed by atoms with Gasteiger partial charge in [-0.05, 0) is 48.7 Å². The molecule has 1 aliphatic rings. The van der Waals surface area contributed by atoms with Crippen molar-refractivity contribution in [3.8, 4) is 11.3 Å². The molecule has 2 atom stereocenters. The molecule has 0 unspecified atom stereocenters. The van der Waals surface area contributed by atoms with Crippen LogP contribution in [0.1, 0.15) is 28.8 Å². The number of nitrogens with one attached hydrogen (secondary N) is 2. The summed E-state index contributed by atoms with van der Waals surface area (Å²) in [6.07, 6.45) is 4.76. The minimum atomic E-state index is -0.321. The highest BCUT2D eigenvalue weighted by molar-refractivity contribution is 6.01. The Labute approximate surface area is 203 Å². The number of esters is 1. The lowest BCUT2D eigenvalue weighted by molar-refractivity contribution is -0.148. The fraction of sp³-hybridized carbons (Fsp3) is 0.259. The number of ether oxygens (including phenoxy) is 1. The van der Waals surface area contributed by atoms with Crippen molar-refractivity contribution >= 4 is 22.8 Å². The van der Waals surface area contributed by atoms with E-state index in [1.54, 1.807) is 18.5 Å². The normalized spacial score (nSPS) is 18.3. The summed E-state index contributed by atoms with van der Waals surface area (Å²) in [4.78, 5) is 31.8. The molecule has 3 heterocycles. The molecule has 2 aromatic heterocycles. The fourth-order valence-corrected chi connectivity index (χ4v) is 4.71. The number of likely N-dealkylation sites (tertiary alicyclic amines) is 1. The number of pyridine rings is 1. The van der Waals surface area contributed by atoms with E-state index in [4.69, 9.17) is 4.74 Å². The molecule has 4 aromatic rings. The largest absolute Gasteiger partial charge is 0.468 e. The van der Waals surface area contributed by atoms with Crippen LogP contribution in [0.25, 0.3) is 22.2 Å². The maximum Gasteiger partial charge on any atom is 0.323 e. The van der Waals surface area contributed by atoms with E-state index in [-0.39, 0.29) is 24.0 Å². The zero-order chi connectivity index (χ0) is 24.2. The molecule has 0 bridgehead atoms. The molecule has 5 rings (SSSR count). The van der Waals surface area contributed by atoms with Gasteiger partial charge in [-0.25, -0.2) is 0 Å². The lowest BCUT2D eigenvalue weighted by Crippen LogP contribution is -2.54. The highest BCUT2D eigenvalue weighted by Gasteiger charge is 2.34. The predicted octanol–water partition coefficient (Wildman–Crippen LogP) is 3.56. The summed E-state index contributed by atoms with van der Waals surface area (Å²) in [7, 11) is 1.42. The quantitative estimate of drug-likeness (QED) is 0.419. The molecule has 178 valence electrons. The van der Waals surface area contributed by atoms with Crippen molar-refractivity contribution in [2.45, 2.75) is 31.5 Å². The SMILES string of the molecule is COC(=O)[C@@H]1CC[C@@H](NC(=O)c2ccc3[nH]nc(-c4ccncc4)c3c2)CN1Cc1ccccc1. The number of methoxy groups -OCH3 is 1. The topological polar surface area (TPSA) is 100 Å². The van der Waals surface area contributed by atoms with Gasteiger partial charge in [-0.3, -0.25) is 24.6 Å². The van der Waals surface area contributed by atoms with Crippen molar-refractivity contribution in [1.82, 2.24) is 25.4 Å². The fourth-order valence-electron chi connectivity index (χ4n) is 4.71. The van der Waals surface area contributed by atoms with Gasteiger partial charge in [-0.1, -0.05) is 30.3 Å². The highest BCUT2D eigenvalue weighted by Crippen LogP contribution is 2.27. The number of hydrogen-bond donors (Lipinski definition) is 2. The molecule has 35 heavy (non-hydrogen) atoms. The minimum absolute atomic E-state index is 0.0770. The third-order valence-electron chi connectivity index (χ3n) is 6.50. The summed E-state index contributed by atoms with van der Waals surface area (Å²) in [6, 6.07) is 18.9. The third kappa shape index (κ3) is 4.93. The number of H-pyrrole nitrogens is 1. The minimum Gasteiger partial charge on any atom is -0.468 e. The van der Waals surface area contributed by atoms with Gasteiger partial charge < -0.3 is 10.1 Å². The van der Waals surface area contributed by atoms with Crippen molar-refractivity contribution in [2.24, 2.45) is 0 Å². The summed E-state index contributed by atoms with van der Waals surface area (Å²) >= 11 is 0. The second-order valence-electron chi connectivity index (χ2n) is 8.77. The van der Waals surface area contributed by atoms with E-state index >= 15 is 0 Å². The first-order chi connectivity index (χ1) is 17.1. The monoisotopic (exact) mass is 469 g/mol. The Bertz CT molecular complexity index is 1320. The number of carbonyl (C=O) groups excluding carboxylic acids is 2. The van der Waals surface area contributed by atoms with Crippen molar-refractivity contribution in [3.05, 3.63) is 84.2 Å². The maximum atomic E-state index is 13.2. The molecule has 0 spiro atoms. The highest BCUT2D eigenvalue weighted by atomic mass is 16.5. The van der Waals surface area contributed by atoms with E-state index in [1.165, 1.54) is 7.11 Å². The molecular formula is C27H27N5O3. The van der Waals surface area contributed by atoms with E-state index in [9.17, 15) is 9.59 Å². The van der Waals surface area contributed by atoms with Crippen LogP contribution < -0.4 is 5.32 Å². The third-order valence-corrected chi connectivity index (χ3v) is 6.50. The van der Waals surface area contributed by atoms with Gasteiger partial charge in [-0.2, -0.15) is 5.10 Å². The molecule has 2 N–H and O–H groups in total. The standard InChI is InChI=1S/C27H27N5O3/c1-35-27(34)24-10-8-21(17-32(24)16-18-5-3-2-4-6-18)29-26(33)20-7-9-23-22(15-20)25(31-30-23)19-11-13-28-14-12-19/h2-7,9,11-15,21,24H,8,10,16-17H2,1H3,(H,29,33)(H,30,31)/t21-,24+/m1/s1. The van der Waals surface area contributed by atoms with Crippen LogP contribution in [0.4, 0.5) is 0 Å². The molecule has 0 radical (unpaired) electrons. The number of amides is 1. The number of fused-ring (bicyclic) bond motifs is 1. The zero-order valence-electron chi connectivity index (χ0n) is 19.5. The molecule has 1 fully saturated rings. The molecule has 1 amide bonds. The summed E-state index contributed by atoms with van der Waals surface area (Å²) in [6.45, 7) is 1.18. The van der Waals surface area contributed by atoms with Crippen LogP contribution in [-0.4, -0.2) is 57.7 Å². The second kappa shape index (κ2) is 10.1. The van der Waals surface area contributed by atoms with E-state index in [2.05, 4.69) is 25.4 Å². The van der Waals surface area contributed by atoms with Crippen LogP contribution >= 0.6 is 0 Å². The Morgan fingerprint density at radius 3 is 2.66 bits per heavy atom. The number of hydrogen-bond acceptors (Lipinski definition) is 6. The van der Waals surface area contributed by atoms with Gasteiger partial charge in [0, 0.05) is 48.0 Å². The van der Waals surface area contributed by atoms with E-state index in [1.807, 2.05) is 54.6 Å². The second-order valence-corrected chi connectivity index (χ2v) is 8.77. The molecule has 1 saturated heterocycles. The molecule has 2 aromatic carbocycles. The number of carbonyl (C=O) groups is 2. The van der Waals surface area contributed by atoms with Crippen molar-refractivity contribution in [1.29, 1.82) is 0 Å². The van der Waals surface area contributed by atoms with E-state index < -0.39 is 0 Å². The van der Waals surface area contributed by atoms with Gasteiger partial charge in [0.15, 0.2) is 0 Å². The van der Waals surface area contributed by atoms with Gasteiger partial charge in [0.05, 0.1) is 12.6 Å². The average molecular weight is 470 g/mol. The Kier molecular flexibility index (Phi) is 6.54. The Morgan fingerprint density at radius 1 is 1.09 bits per heavy atom. The van der Waals surface area contributed by atoms with Crippen LogP contribution in [0.15, 0.2) is 73.1 Å². The number of aromatic nitrogens is 3. The van der Waals surface area contributed by atoms with Crippen molar-refractivity contribution < 1.29 is 14.3 Å². The van der Waals surface area contributed by atoms with Gasteiger partial charge in [0.1, 0.15) is 11.7 Å². The molecule has 0 saturated carbocycles. The summed E-state index contributed by atoms with van der Waals surface area (Å²) in [5.41, 5.74) is 4.26. The summed E-state index contributed by atoms with van der Waals surface area (Å²) in [5.74, 6) is -0.380. The average Bonchev–Trinajstić information content (AvgIpc) is 3.33. The number of benzene rings is 2. The van der Waals surface area contributed by atoms with Crippen LogP contribution in [0.5, 0.6) is 0 Å². The molecule has 1 aliphatic heterocycles. The van der Waals surface area contributed by atoms with Crippen molar-refractivity contribution in [3.63, 3.8) is 0 Å². The van der Waals surface area contributed by atoms with Crippen LogP contribution in [-0.2, 0) is 16.1 Å². The van der Waals surface area contributed by atoms with Gasteiger partial charge in [0.2, 0.25) is 0 Å². The van der Waals surface area contributed by atoms with Crippen molar-refractivity contribution in [2.75, 3.05) is 13.7 Å². The van der Waals surface area contributed by atoms with E-state index in [0.29, 0.717) is 31.5 Å². The zero-order valence-corrected chi connectivity index (χ0v) is 19.5. The van der Waals surface area contributed by atoms with Crippen LogP contribution in [0.2, 0.25) is 0 Å². The molecule has 8 nitrogen and oxygen atoms in total. The molecular weight excluding hydrogens is 442 g/mol. The lowest BCUT2D eigenvalue weighted by Gasteiger charge is -2.38. The number of rotatable bonds is 6. The molecule has 0 aliphatic carbocycles. The smallest absolute Gasteiger partial charge is 0.323 e. The Balaban J connectivity index is 1.33.